The molecule has 5 rings (SSSR count). The average molecular weight is 769 g/mol. The molecule has 0 radical (unpaired) electrons. The summed E-state index contributed by atoms with van der Waals surface area (Å²) in [5.74, 6) is 3.34. The molecule has 0 heterocycles. The van der Waals surface area contributed by atoms with Crippen molar-refractivity contribution in [2.24, 2.45) is 23.2 Å². The smallest absolute Gasteiger partial charge is 0.333 e. The van der Waals surface area contributed by atoms with E-state index in [-0.39, 0.29) is 25.6 Å². The number of carbonyl (C=O) groups is 1. The highest BCUT2D eigenvalue weighted by Crippen LogP contribution is 2.45. The fourth-order valence-electron chi connectivity index (χ4n) is 9.16. The van der Waals surface area contributed by atoms with Gasteiger partial charge in [-0.25, -0.2) is 9.18 Å². The lowest BCUT2D eigenvalue weighted by Gasteiger charge is -2.38. The van der Waals surface area contributed by atoms with Gasteiger partial charge >= 0.3 is 5.97 Å². The zero-order valence-electron chi connectivity index (χ0n) is 34.9. The molecule has 0 amide bonds. The second-order valence-corrected chi connectivity index (χ2v) is 17.4. The van der Waals surface area contributed by atoms with Crippen molar-refractivity contribution < 1.29 is 28.9 Å². The lowest BCUT2D eigenvalue weighted by Crippen LogP contribution is -2.28. The van der Waals surface area contributed by atoms with Crippen molar-refractivity contribution in [3.05, 3.63) is 89.3 Å². The number of carbonyl (C=O) groups excluding carboxylic acids is 1. The summed E-state index contributed by atoms with van der Waals surface area (Å²) in [6.07, 6.45) is 18.7. The summed E-state index contributed by atoms with van der Waals surface area (Å²) in [5, 5.41) is 19.5. The van der Waals surface area contributed by atoms with Crippen LogP contribution in [0.1, 0.15) is 140 Å². The van der Waals surface area contributed by atoms with Crippen molar-refractivity contribution in [2.75, 3.05) is 26.4 Å². The summed E-state index contributed by atoms with van der Waals surface area (Å²) in [7, 11) is 0. The second kappa shape index (κ2) is 21.3. The number of hydrogen-bond acceptors (Lipinski definition) is 5. The van der Waals surface area contributed by atoms with E-state index in [1.165, 1.54) is 77.0 Å². The lowest BCUT2D eigenvalue weighted by molar-refractivity contribution is -0.139. The molecule has 0 atom stereocenters. The summed E-state index contributed by atoms with van der Waals surface area (Å²) in [5.41, 5.74) is 6.67. The Balaban J connectivity index is 1.25. The third-order valence-corrected chi connectivity index (χ3v) is 13.1. The number of rotatable bonds is 20. The molecule has 56 heavy (non-hydrogen) atoms. The lowest BCUT2D eigenvalue weighted by atomic mass is 9.68. The first-order valence-corrected chi connectivity index (χ1v) is 21.8. The molecule has 6 heteroatoms. The molecule has 0 aromatic heterocycles. The van der Waals surface area contributed by atoms with Crippen LogP contribution < -0.4 is 4.74 Å². The maximum atomic E-state index is 15.9. The molecule has 2 saturated carbocycles. The van der Waals surface area contributed by atoms with Crippen LogP contribution in [-0.2, 0) is 22.4 Å². The first-order chi connectivity index (χ1) is 27.1. The number of hydrogen-bond donors (Lipinski definition) is 2. The molecule has 3 aromatic rings. The summed E-state index contributed by atoms with van der Waals surface area (Å²) >= 11 is 0. The minimum atomic E-state index is -0.625. The van der Waals surface area contributed by atoms with Gasteiger partial charge in [-0.15, -0.1) is 0 Å². The van der Waals surface area contributed by atoms with Crippen molar-refractivity contribution in [3.63, 3.8) is 0 Å². The molecule has 2 aliphatic rings. The molecule has 2 aliphatic carbocycles. The Labute approximate surface area is 337 Å². The Morgan fingerprint density at radius 1 is 0.804 bits per heavy atom. The highest BCUT2D eigenvalue weighted by Gasteiger charge is 2.31. The van der Waals surface area contributed by atoms with Gasteiger partial charge in [-0.2, -0.15) is 0 Å². The largest absolute Gasteiger partial charge is 0.493 e. The summed E-state index contributed by atoms with van der Waals surface area (Å²) in [6, 6.07) is 18.4. The van der Waals surface area contributed by atoms with Gasteiger partial charge in [-0.3, -0.25) is 0 Å². The van der Waals surface area contributed by atoms with E-state index in [9.17, 15) is 15.0 Å². The normalized spacial score (nSPS) is 20.1. The first kappa shape index (κ1) is 43.6. The molecule has 3 aromatic carbocycles. The Morgan fingerprint density at radius 3 is 2.09 bits per heavy atom. The molecule has 0 unspecified atom stereocenters. The van der Waals surface area contributed by atoms with Crippen LogP contribution in [0.5, 0.6) is 5.75 Å². The van der Waals surface area contributed by atoms with E-state index in [0.29, 0.717) is 42.9 Å². The third-order valence-electron chi connectivity index (χ3n) is 13.1. The van der Waals surface area contributed by atoms with Gasteiger partial charge in [0.05, 0.1) is 26.4 Å². The maximum Gasteiger partial charge on any atom is 0.333 e. The van der Waals surface area contributed by atoms with E-state index in [0.717, 1.165) is 63.3 Å². The molecule has 5 nitrogen and oxygen atoms in total. The van der Waals surface area contributed by atoms with Crippen LogP contribution in [0.4, 0.5) is 4.39 Å². The maximum absolute atomic E-state index is 15.9. The number of aliphatic hydroxyl groups excluding tert-OH is 2. The van der Waals surface area contributed by atoms with Crippen molar-refractivity contribution >= 4 is 5.97 Å². The predicted octanol–water partition coefficient (Wildman–Crippen LogP) is 12.2. The fourth-order valence-corrected chi connectivity index (χ4v) is 9.16. The standard InChI is InChI=1S/C50H69FO5/c1-6-8-9-11-36-13-15-38(16-14-36)39-17-19-40(20-18-39)41-21-25-46(47(51)32-41)43-22-24-45(37(7-2)30-43)42-23-26-48(55-29-27-50(5,33-52)34-53)44(31-42)12-10-28-56-49(54)35(3)4/h21-26,30-32,36,38-40,52-53H,3,6-20,27-29,33-34H2,1-2,4-5H3. The van der Waals surface area contributed by atoms with Crippen molar-refractivity contribution in [1.82, 2.24) is 0 Å². The second-order valence-electron chi connectivity index (χ2n) is 17.4. The van der Waals surface area contributed by atoms with Crippen LogP contribution in [-0.4, -0.2) is 42.6 Å². The van der Waals surface area contributed by atoms with Crippen molar-refractivity contribution in [3.8, 4) is 28.0 Å². The topological polar surface area (TPSA) is 76.0 Å². The van der Waals surface area contributed by atoms with Gasteiger partial charge in [0.25, 0.3) is 0 Å². The molecular formula is C50H69FO5. The monoisotopic (exact) mass is 769 g/mol. The van der Waals surface area contributed by atoms with Gasteiger partial charge < -0.3 is 19.7 Å². The average Bonchev–Trinajstić information content (AvgIpc) is 3.22. The highest BCUT2D eigenvalue weighted by atomic mass is 19.1. The van der Waals surface area contributed by atoms with E-state index in [4.69, 9.17) is 9.47 Å². The van der Waals surface area contributed by atoms with Crippen LogP contribution in [0.25, 0.3) is 22.3 Å². The molecule has 0 saturated heterocycles. The zero-order valence-corrected chi connectivity index (χ0v) is 34.9. The molecule has 0 bridgehead atoms. The van der Waals surface area contributed by atoms with Crippen LogP contribution in [0.15, 0.2) is 66.7 Å². The predicted molar refractivity (Wildman–Crippen MR) is 227 cm³/mol. The number of aliphatic hydroxyl groups is 2. The van der Waals surface area contributed by atoms with Crippen LogP contribution >= 0.6 is 0 Å². The Kier molecular flexibility index (Phi) is 16.6. The van der Waals surface area contributed by atoms with Crippen molar-refractivity contribution in [2.45, 2.75) is 136 Å². The SMILES string of the molecule is C=C(C)C(=O)OCCCc1cc(-c2ccc(-c3ccc(C4CCC(C5CCC(CCCCC)CC5)CC4)cc3F)cc2CC)ccc1OCCC(C)(CO)CO. The number of ether oxygens (including phenoxy) is 2. The van der Waals surface area contributed by atoms with Gasteiger partial charge in [0.1, 0.15) is 11.6 Å². The number of aryl methyl sites for hydroxylation is 2. The molecule has 0 aliphatic heterocycles. The molecule has 0 spiro atoms. The van der Waals surface area contributed by atoms with E-state index < -0.39 is 11.4 Å². The summed E-state index contributed by atoms with van der Waals surface area (Å²) in [4.78, 5) is 11.9. The van der Waals surface area contributed by atoms with E-state index in [2.05, 4.69) is 50.8 Å². The van der Waals surface area contributed by atoms with Crippen molar-refractivity contribution in [1.29, 1.82) is 0 Å². The van der Waals surface area contributed by atoms with E-state index >= 15 is 4.39 Å². The number of esters is 1. The molecule has 306 valence electrons. The number of benzene rings is 3. The third kappa shape index (κ3) is 11.8. The van der Waals surface area contributed by atoms with Crippen LogP contribution in [0.2, 0.25) is 0 Å². The van der Waals surface area contributed by atoms with Crippen LogP contribution in [0, 0.1) is 29.0 Å². The summed E-state index contributed by atoms with van der Waals surface area (Å²) in [6.45, 7) is 11.9. The highest BCUT2D eigenvalue weighted by molar-refractivity contribution is 5.86. The summed E-state index contributed by atoms with van der Waals surface area (Å²) < 4.78 is 27.5. The Morgan fingerprint density at radius 2 is 1.45 bits per heavy atom. The van der Waals surface area contributed by atoms with Gasteiger partial charge in [0.2, 0.25) is 0 Å². The van der Waals surface area contributed by atoms with E-state index in [1.54, 1.807) is 6.92 Å². The molecular weight excluding hydrogens is 700 g/mol. The molecule has 2 N–H and O–H groups in total. The molecule has 2 fully saturated rings. The minimum Gasteiger partial charge on any atom is -0.493 e. The Bertz CT molecular complexity index is 1710. The minimum absolute atomic E-state index is 0.127. The first-order valence-electron chi connectivity index (χ1n) is 21.8. The van der Waals surface area contributed by atoms with Gasteiger partial charge in [-0.05, 0) is 146 Å². The van der Waals surface area contributed by atoms with E-state index in [1.807, 2.05) is 31.2 Å². The zero-order chi connectivity index (χ0) is 40.1. The van der Waals surface area contributed by atoms with Crippen LogP contribution in [0.3, 0.4) is 0 Å². The van der Waals surface area contributed by atoms with Gasteiger partial charge in [0.15, 0.2) is 0 Å². The Hall–Kier alpha value is -3.48. The number of halogens is 1. The fraction of sp³-hybridized carbons (Fsp3) is 0.580. The quantitative estimate of drug-likeness (QED) is 0.0680. The van der Waals surface area contributed by atoms with Gasteiger partial charge in [0, 0.05) is 16.6 Å². The number of unbranched alkanes of at least 4 members (excludes halogenated alkanes) is 2. The van der Waals surface area contributed by atoms with Gasteiger partial charge in [-0.1, -0.05) is 102 Å².